The number of amides is 1. The summed E-state index contributed by atoms with van der Waals surface area (Å²) in [6.07, 6.45) is 0. The molecule has 1 unspecified atom stereocenters. The first kappa shape index (κ1) is 30.7. The molecule has 46 heavy (non-hydrogen) atoms. The predicted octanol–water partition coefficient (Wildman–Crippen LogP) is 5.61. The Hall–Kier alpha value is -5.36. The highest BCUT2D eigenvalue weighted by molar-refractivity contribution is 7.17. The van der Waals surface area contributed by atoms with E-state index in [9.17, 15) is 19.5 Å². The van der Waals surface area contributed by atoms with Crippen molar-refractivity contribution in [3.05, 3.63) is 99.6 Å². The molecular formula is C34H30N2O9S. The van der Waals surface area contributed by atoms with Gasteiger partial charge in [-0.05, 0) is 55.3 Å². The lowest BCUT2D eigenvalue weighted by molar-refractivity contribution is -0.132. The van der Waals surface area contributed by atoms with Crippen LogP contribution < -0.4 is 23.8 Å². The minimum Gasteiger partial charge on any atom is -0.507 e. The summed E-state index contributed by atoms with van der Waals surface area (Å²) in [4.78, 5) is 46.0. The van der Waals surface area contributed by atoms with Gasteiger partial charge in [0.2, 0.25) is 0 Å². The third-order valence-electron chi connectivity index (χ3n) is 7.45. The minimum atomic E-state index is -1.13. The SMILES string of the molecule is CCOC(=O)c1sc(N2C(=O)C(=O)C(=C(O)c3ccc4c(c3)OCCO4)C2c2ccc(OCc3ccccc3)c(OC)c2)nc1C. The van der Waals surface area contributed by atoms with E-state index in [1.165, 1.54) is 12.0 Å². The van der Waals surface area contributed by atoms with Crippen LogP contribution in [-0.4, -0.2) is 54.7 Å². The summed E-state index contributed by atoms with van der Waals surface area (Å²) in [6.45, 7) is 4.46. The zero-order valence-electron chi connectivity index (χ0n) is 25.3. The third-order valence-corrected chi connectivity index (χ3v) is 8.59. The van der Waals surface area contributed by atoms with E-state index in [1.54, 1.807) is 50.2 Å². The molecule has 3 heterocycles. The number of aliphatic hydroxyl groups excluding tert-OH is 1. The van der Waals surface area contributed by atoms with Gasteiger partial charge in [0.05, 0.1) is 31.0 Å². The molecule has 1 fully saturated rings. The van der Waals surface area contributed by atoms with Crippen molar-refractivity contribution in [1.82, 2.24) is 4.98 Å². The highest BCUT2D eigenvalue weighted by Crippen LogP contribution is 2.46. The second-order valence-electron chi connectivity index (χ2n) is 10.3. The number of rotatable bonds is 9. The number of aliphatic hydroxyl groups is 1. The van der Waals surface area contributed by atoms with E-state index in [4.69, 9.17) is 23.7 Å². The number of aryl methyl sites for hydroxylation is 1. The predicted molar refractivity (Wildman–Crippen MR) is 169 cm³/mol. The number of ether oxygens (including phenoxy) is 5. The summed E-state index contributed by atoms with van der Waals surface area (Å²) in [5, 5.41) is 11.7. The van der Waals surface area contributed by atoms with Gasteiger partial charge < -0.3 is 28.8 Å². The van der Waals surface area contributed by atoms with Crippen LogP contribution in [0.15, 0.2) is 72.3 Å². The number of thiazole rings is 1. The van der Waals surface area contributed by atoms with Crippen LogP contribution in [0, 0.1) is 6.92 Å². The van der Waals surface area contributed by atoms with Gasteiger partial charge in [0.1, 0.15) is 30.5 Å². The second-order valence-corrected chi connectivity index (χ2v) is 11.3. The average Bonchev–Trinajstić information content (AvgIpc) is 3.59. The number of methoxy groups -OCH3 is 1. The number of carbonyl (C=O) groups excluding carboxylic acids is 3. The fourth-order valence-electron chi connectivity index (χ4n) is 5.27. The average molecular weight is 643 g/mol. The number of hydrogen-bond donors (Lipinski definition) is 1. The molecule has 2 aliphatic heterocycles. The standard InChI is InChI=1S/C34H30N2O9S/c1-4-42-33(40)31-19(2)35-34(46-31)36-28(21-10-12-23(25(16-21)41-3)45-18-20-8-6-5-7-9-20)27(30(38)32(36)39)29(37)22-11-13-24-26(17-22)44-15-14-43-24/h5-13,16-17,28,37H,4,14-15,18H2,1-3H3. The highest BCUT2D eigenvalue weighted by atomic mass is 32.1. The van der Waals surface area contributed by atoms with Gasteiger partial charge in [-0.25, -0.2) is 9.78 Å². The Labute approximate surface area is 268 Å². The van der Waals surface area contributed by atoms with Gasteiger partial charge in [-0.2, -0.15) is 0 Å². The Morgan fingerprint density at radius 1 is 1.02 bits per heavy atom. The molecule has 0 bridgehead atoms. The maximum absolute atomic E-state index is 13.7. The van der Waals surface area contributed by atoms with Crippen molar-refractivity contribution in [2.75, 3.05) is 31.8 Å². The molecule has 0 aliphatic carbocycles. The topological polar surface area (TPSA) is 134 Å². The molecule has 236 valence electrons. The third kappa shape index (κ3) is 5.74. The zero-order chi connectivity index (χ0) is 32.4. The molecule has 0 spiro atoms. The number of esters is 1. The fourth-order valence-corrected chi connectivity index (χ4v) is 6.26. The van der Waals surface area contributed by atoms with Crippen LogP contribution in [0.4, 0.5) is 5.13 Å². The van der Waals surface area contributed by atoms with Crippen LogP contribution in [0.3, 0.4) is 0 Å². The smallest absolute Gasteiger partial charge is 0.350 e. The molecule has 1 aromatic heterocycles. The van der Waals surface area contributed by atoms with Gasteiger partial charge >= 0.3 is 11.9 Å². The minimum absolute atomic E-state index is 0.0947. The van der Waals surface area contributed by atoms with Gasteiger partial charge in [-0.3, -0.25) is 14.5 Å². The Morgan fingerprint density at radius 3 is 2.52 bits per heavy atom. The van der Waals surface area contributed by atoms with Crippen molar-refractivity contribution in [3.8, 4) is 23.0 Å². The molecule has 11 nitrogen and oxygen atoms in total. The Morgan fingerprint density at radius 2 is 1.78 bits per heavy atom. The van der Waals surface area contributed by atoms with Crippen molar-refractivity contribution in [3.63, 3.8) is 0 Å². The number of aromatic nitrogens is 1. The second kappa shape index (κ2) is 12.9. The van der Waals surface area contributed by atoms with Crippen molar-refractivity contribution in [2.45, 2.75) is 26.5 Å². The molecular weight excluding hydrogens is 612 g/mol. The molecule has 1 N–H and O–H groups in total. The van der Waals surface area contributed by atoms with Crippen LogP contribution in [-0.2, 0) is 20.9 Å². The summed E-state index contributed by atoms with van der Waals surface area (Å²) in [5.41, 5.74) is 1.82. The molecule has 1 saturated heterocycles. The lowest BCUT2D eigenvalue weighted by atomic mass is 9.95. The number of fused-ring (bicyclic) bond motifs is 1. The zero-order valence-corrected chi connectivity index (χ0v) is 26.1. The number of ketones is 1. The van der Waals surface area contributed by atoms with Crippen molar-refractivity contribution in [2.24, 2.45) is 0 Å². The maximum Gasteiger partial charge on any atom is 0.350 e. The molecule has 0 radical (unpaired) electrons. The maximum atomic E-state index is 13.7. The molecule has 4 aromatic rings. The number of Topliss-reactive ketones (excluding diaryl/α,β-unsaturated/α-hetero) is 1. The number of nitrogens with zero attached hydrogens (tertiary/aromatic N) is 2. The molecule has 3 aromatic carbocycles. The van der Waals surface area contributed by atoms with Gasteiger partial charge in [-0.15, -0.1) is 0 Å². The van der Waals surface area contributed by atoms with Gasteiger partial charge in [0.15, 0.2) is 28.1 Å². The summed E-state index contributed by atoms with van der Waals surface area (Å²) < 4.78 is 28.1. The molecule has 2 aliphatic rings. The molecule has 6 rings (SSSR count). The molecule has 1 atom stereocenters. The van der Waals surface area contributed by atoms with Crippen LogP contribution in [0.5, 0.6) is 23.0 Å². The summed E-state index contributed by atoms with van der Waals surface area (Å²) >= 11 is 0.927. The van der Waals surface area contributed by atoms with Gasteiger partial charge in [-0.1, -0.05) is 47.7 Å². The summed E-state index contributed by atoms with van der Waals surface area (Å²) in [7, 11) is 1.48. The van der Waals surface area contributed by atoms with Crippen molar-refractivity contribution >= 4 is 39.9 Å². The number of carbonyl (C=O) groups is 3. The first-order chi connectivity index (χ1) is 22.3. The van der Waals surface area contributed by atoms with E-state index >= 15 is 0 Å². The Balaban J connectivity index is 1.46. The lowest BCUT2D eigenvalue weighted by Crippen LogP contribution is -2.29. The quantitative estimate of drug-likeness (QED) is 0.106. The van der Waals surface area contributed by atoms with Crippen LogP contribution in [0.25, 0.3) is 5.76 Å². The fraction of sp³-hybridized carbons (Fsp3) is 0.235. The summed E-state index contributed by atoms with van der Waals surface area (Å²) in [5.74, 6) is -1.16. The Kier molecular flexibility index (Phi) is 8.62. The molecule has 0 saturated carbocycles. The van der Waals surface area contributed by atoms with Crippen LogP contribution in [0.2, 0.25) is 0 Å². The first-order valence-corrected chi connectivity index (χ1v) is 15.3. The first-order valence-electron chi connectivity index (χ1n) is 14.5. The highest BCUT2D eigenvalue weighted by Gasteiger charge is 2.49. The van der Waals surface area contributed by atoms with Crippen LogP contribution >= 0.6 is 11.3 Å². The van der Waals surface area contributed by atoms with E-state index in [0.29, 0.717) is 47.5 Å². The number of benzene rings is 3. The monoisotopic (exact) mass is 642 g/mol. The van der Waals surface area contributed by atoms with Crippen molar-refractivity contribution in [1.29, 1.82) is 0 Å². The van der Waals surface area contributed by atoms with E-state index < -0.39 is 29.5 Å². The van der Waals surface area contributed by atoms with Gasteiger partial charge in [0.25, 0.3) is 5.78 Å². The summed E-state index contributed by atoms with van der Waals surface area (Å²) in [6, 6.07) is 18.3. The van der Waals surface area contributed by atoms with Crippen molar-refractivity contribution < 1.29 is 43.2 Å². The van der Waals surface area contributed by atoms with Gasteiger partial charge in [0, 0.05) is 5.56 Å². The Bertz CT molecular complexity index is 1850. The van der Waals surface area contributed by atoms with E-state index in [-0.39, 0.29) is 34.4 Å². The largest absolute Gasteiger partial charge is 0.507 e. The number of hydrogen-bond acceptors (Lipinski definition) is 11. The number of anilines is 1. The van der Waals surface area contributed by atoms with Crippen LogP contribution in [0.1, 0.15) is 45.0 Å². The normalized spacial score (nSPS) is 16.8. The lowest BCUT2D eigenvalue weighted by Gasteiger charge is -2.24. The molecule has 1 amide bonds. The molecule has 12 heteroatoms. The van der Waals surface area contributed by atoms with E-state index in [0.717, 1.165) is 16.9 Å². The van der Waals surface area contributed by atoms with E-state index in [2.05, 4.69) is 4.98 Å². The van der Waals surface area contributed by atoms with E-state index in [1.807, 2.05) is 30.3 Å².